The van der Waals surface area contributed by atoms with E-state index in [1.54, 1.807) is 6.07 Å². The highest BCUT2D eigenvalue weighted by Crippen LogP contribution is 2.11. The van der Waals surface area contributed by atoms with Crippen molar-refractivity contribution < 1.29 is 0 Å². The Bertz CT molecular complexity index is 223. The van der Waals surface area contributed by atoms with Crippen LogP contribution >= 0.6 is 15.9 Å². The van der Waals surface area contributed by atoms with E-state index in [4.69, 9.17) is 5.73 Å². The summed E-state index contributed by atoms with van der Waals surface area (Å²) in [6.07, 6.45) is 0. The Balaban J connectivity index is 3.17. The van der Waals surface area contributed by atoms with Crippen molar-refractivity contribution in [2.45, 2.75) is 6.92 Å². The summed E-state index contributed by atoms with van der Waals surface area (Å²) in [6, 6.07) is 1.76. The molecule has 0 unspecified atom stereocenters. The fourth-order valence-electron chi connectivity index (χ4n) is 0.491. The van der Waals surface area contributed by atoms with Gasteiger partial charge in [0.1, 0.15) is 10.4 Å². The molecule has 2 N–H and O–H groups in total. The van der Waals surface area contributed by atoms with Crippen molar-refractivity contribution in [3.63, 3.8) is 0 Å². The molecule has 3 nitrogen and oxygen atoms in total. The number of hydrogen-bond donors (Lipinski definition) is 1. The van der Waals surface area contributed by atoms with E-state index in [-0.39, 0.29) is 0 Å². The zero-order valence-corrected chi connectivity index (χ0v) is 6.51. The normalized spacial score (nSPS) is 9.56. The van der Waals surface area contributed by atoms with Crippen molar-refractivity contribution in [3.8, 4) is 0 Å². The molecule has 0 spiro atoms. The maximum Gasteiger partial charge on any atom is 0.146 e. The number of aryl methyl sites for hydroxylation is 1. The molecule has 4 heteroatoms. The average Bonchev–Trinajstić information content (AvgIpc) is 1.80. The van der Waals surface area contributed by atoms with Crippen LogP contribution < -0.4 is 5.73 Å². The fraction of sp³-hybridized carbons (Fsp3) is 0.200. The lowest BCUT2D eigenvalue weighted by Gasteiger charge is -1.94. The predicted molar refractivity (Wildman–Crippen MR) is 38.9 cm³/mol. The third-order valence-corrected chi connectivity index (χ3v) is 1.73. The number of nitrogens with two attached hydrogens (primary N) is 1. The molecule has 0 aliphatic heterocycles. The molecule has 0 amide bonds. The molecule has 0 aliphatic rings. The van der Waals surface area contributed by atoms with Crippen LogP contribution in [0.2, 0.25) is 0 Å². The van der Waals surface area contributed by atoms with Gasteiger partial charge in [-0.05, 0) is 34.5 Å². The van der Waals surface area contributed by atoms with E-state index < -0.39 is 0 Å². The van der Waals surface area contributed by atoms with Gasteiger partial charge in [0.25, 0.3) is 0 Å². The van der Waals surface area contributed by atoms with Gasteiger partial charge in [-0.1, -0.05) is 0 Å². The molecule has 0 atom stereocenters. The molecule has 48 valence electrons. The van der Waals surface area contributed by atoms with Crippen molar-refractivity contribution in [2.24, 2.45) is 0 Å². The Hall–Kier alpha value is -0.640. The average molecular weight is 188 g/mol. The maximum atomic E-state index is 5.33. The third-order valence-electron chi connectivity index (χ3n) is 0.943. The molecule has 9 heavy (non-hydrogen) atoms. The second-order valence-corrected chi connectivity index (χ2v) is 2.49. The Morgan fingerprint density at radius 1 is 1.56 bits per heavy atom. The third kappa shape index (κ3) is 1.38. The number of aromatic nitrogens is 2. The maximum absolute atomic E-state index is 5.33. The number of nitrogens with zero attached hydrogens (tertiary/aromatic N) is 2. The van der Waals surface area contributed by atoms with Crippen LogP contribution in [0.15, 0.2) is 10.7 Å². The van der Waals surface area contributed by atoms with Crippen LogP contribution in [0.25, 0.3) is 0 Å². The van der Waals surface area contributed by atoms with Gasteiger partial charge in [-0.3, -0.25) is 0 Å². The van der Waals surface area contributed by atoms with Crippen molar-refractivity contribution in [1.29, 1.82) is 0 Å². The minimum absolute atomic E-state index is 0.454. The first-order chi connectivity index (χ1) is 4.20. The molecule has 0 saturated heterocycles. The summed E-state index contributed by atoms with van der Waals surface area (Å²) in [7, 11) is 0. The molecule has 0 bridgehead atoms. The summed E-state index contributed by atoms with van der Waals surface area (Å²) in [5, 5.41) is 7.34. The van der Waals surface area contributed by atoms with Crippen LogP contribution in [-0.2, 0) is 0 Å². The van der Waals surface area contributed by atoms with Crippen LogP contribution in [0.3, 0.4) is 0 Å². The van der Waals surface area contributed by atoms with Gasteiger partial charge in [0.15, 0.2) is 0 Å². The van der Waals surface area contributed by atoms with Crippen LogP contribution in [0.4, 0.5) is 5.82 Å². The smallest absolute Gasteiger partial charge is 0.146 e. The summed E-state index contributed by atoms with van der Waals surface area (Å²) in [6.45, 7) is 1.91. The Morgan fingerprint density at radius 2 is 2.22 bits per heavy atom. The van der Waals surface area contributed by atoms with Crippen molar-refractivity contribution in [1.82, 2.24) is 10.2 Å². The summed E-state index contributed by atoms with van der Waals surface area (Å²) in [5.74, 6) is 0.454. The molecule has 1 rings (SSSR count). The first-order valence-corrected chi connectivity index (χ1v) is 3.25. The summed E-state index contributed by atoms with van der Waals surface area (Å²) >= 11 is 3.20. The highest BCUT2D eigenvalue weighted by Gasteiger charge is 1.94. The van der Waals surface area contributed by atoms with Gasteiger partial charge < -0.3 is 5.73 Å². The fourth-order valence-corrected chi connectivity index (χ4v) is 0.685. The van der Waals surface area contributed by atoms with E-state index in [0.717, 1.165) is 10.2 Å². The van der Waals surface area contributed by atoms with Gasteiger partial charge in [-0.2, -0.15) is 0 Å². The molecule has 0 aromatic carbocycles. The highest BCUT2D eigenvalue weighted by atomic mass is 79.9. The van der Waals surface area contributed by atoms with Crippen LogP contribution in [0.1, 0.15) is 5.56 Å². The molecule has 0 radical (unpaired) electrons. The van der Waals surface area contributed by atoms with E-state index in [1.165, 1.54) is 0 Å². The van der Waals surface area contributed by atoms with Gasteiger partial charge in [-0.15, -0.1) is 10.2 Å². The Labute approximate surface area is 61.4 Å². The molecule has 0 fully saturated rings. The van der Waals surface area contributed by atoms with Crippen molar-refractivity contribution in [3.05, 3.63) is 16.2 Å². The van der Waals surface area contributed by atoms with E-state index in [2.05, 4.69) is 26.1 Å². The van der Waals surface area contributed by atoms with Crippen LogP contribution in [-0.4, -0.2) is 10.2 Å². The van der Waals surface area contributed by atoms with Gasteiger partial charge in [0, 0.05) is 0 Å². The topological polar surface area (TPSA) is 51.8 Å². The highest BCUT2D eigenvalue weighted by molar-refractivity contribution is 9.10. The number of nitrogen functional groups attached to an aromatic ring is 1. The number of anilines is 1. The van der Waals surface area contributed by atoms with E-state index in [9.17, 15) is 0 Å². The zero-order valence-electron chi connectivity index (χ0n) is 4.93. The second kappa shape index (κ2) is 2.31. The zero-order chi connectivity index (χ0) is 6.85. The largest absolute Gasteiger partial charge is 0.382 e. The first kappa shape index (κ1) is 6.48. The molecule has 1 heterocycles. The molecular weight excluding hydrogens is 182 g/mol. The molecular formula is C5H6BrN3. The van der Waals surface area contributed by atoms with Crippen molar-refractivity contribution in [2.75, 3.05) is 5.73 Å². The van der Waals surface area contributed by atoms with Crippen LogP contribution in [0, 0.1) is 6.92 Å². The standard InChI is InChI=1S/C5H6BrN3/c1-3-2-4(7)8-9-5(3)6/h2H,1H3,(H2,7,8). The monoisotopic (exact) mass is 187 g/mol. The molecule has 0 saturated carbocycles. The molecule has 0 aliphatic carbocycles. The number of hydrogen-bond acceptors (Lipinski definition) is 3. The summed E-state index contributed by atoms with van der Waals surface area (Å²) in [5.41, 5.74) is 6.34. The van der Waals surface area contributed by atoms with Crippen molar-refractivity contribution >= 4 is 21.7 Å². The van der Waals surface area contributed by atoms with E-state index >= 15 is 0 Å². The van der Waals surface area contributed by atoms with Gasteiger partial charge in [-0.25, -0.2) is 0 Å². The summed E-state index contributed by atoms with van der Waals surface area (Å²) in [4.78, 5) is 0. The minimum Gasteiger partial charge on any atom is -0.382 e. The van der Waals surface area contributed by atoms with E-state index in [1.807, 2.05) is 6.92 Å². The van der Waals surface area contributed by atoms with Gasteiger partial charge >= 0.3 is 0 Å². The quantitative estimate of drug-likeness (QED) is 0.663. The molecule has 1 aromatic rings. The minimum atomic E-state index is 0.454. The van der Waals surface area contributed by atoms with Gasteiger partial charge in [0.2, 0.25) is 0 Å². The first-order valence-electron chi connectivity index (χ1n) is 2.45. The Kier molecular flexibility index (Phi) is 1.66. The van der Waals surface area contributed by atoms with E-state index in [0.29, 0.717) is 5.82 Å². The van der Waals surface area contributed by atoms with Crippen LogP contribution in [0.5, 0.6) is 0 Å². The van der Waals surface area contributed by atoms with Gasteiger partial charge in [0.05, 0.1) is 0 Å². The number of rotatable bonds is 0. The number of halogens is 1. The SMILES string of the molecule is Cc1cc(N)nnc1Br. The Morgan fingerprint density at radius 3 is 2.67 bits per heavy atom. The second-order valence-electron chi connectivity index (χ2n) is 1.74. The predicted octanol–water partition coefficient (Wildman–Crippen LogP) is 1.13. The lowest BCUT2D eigenvalue weighted by molar-refractivity contribution is 0.997. The lowest BCUT2D eigenvalue weighted by Crippen LogP contribution is -1.94. The lowest BCUT2D eigenvalue weighted by atomic mass is 10.3. The summed E-state index contributed by atoms with van der Waals surface area (Å²) < 4.78 is 0.747. The molecule has 1 aromatic heterocycles.